The zero-order valence-corrected chi connectivity index (χ0v) is 15.5. The molecule has 1 fully saturated rings. The minimum absolute atomic E-state index is 0.189. The molecule has 1 unspecified atom stereocenters. The zero-order chi connectivity index (χ0) is 18.8. The summed E-state index contributed by atoms with van der Waals surface area (Å²) in [6, 6.07) is 4.16. The van der Waals surface area contributed by atoms with Crippen LogP contribution in [-0.4, -0.2) is 40.1 Å². The van der Waals surface area contributed by atoms with Gasteiger partial charge in [-0.3, -0.25) is 10.1 Å². The first-order valence-corrected chi connectivity index (χ1v) is 9.22. The molecule has 1 aromatic carbocycles. The molecule has 26 heavy (non-hydrogen) atoms. The summed E-state index contributed by atoms with van der Waals surface area (Å²) in [6.07, 6.45) is 0.800. The maximum absolute atomic E-state index is 14.0. The smallest absolute Gasteiger partial charge is 0.323 e. The number of carbonyl (C=O) groups is 2. The van der Waals surface area contributed by atoms with Crippen LogP contribution in [0, 0.1) is 18.7 Å². The third kappa shape index (κ3) is 4.13. The summed E-state index contributed by atoms with van der Waals surface area (Å²) in [5, 5.41) is 12.5. The number of benzene rings is 1. The van der Waals surface area contributed by atoms with Gasteiger partial charge in [-0.15, -0.1) is 11.3 Å². The predicted molar refractivity (Wildman–Crippen MR) is 97.4 cm³/mol. The van der Waals surface area contributed by atoms with E-state index in [4.69, 9.17) is 16.7 Å². The number of aliphatic carboxylic acids is 1. The van der Waals surface area contributed by atoms with Gasteiger partial charge in [-0.25, -0.2) is 14.2 Å². The summed E-state index contributed by atoms with van der Waals surface area (Å²) in [6.45, 7) is 2.38. The first-order chi connectivity index (χ1) is 12.3. The molecule has 1 aromatic heterocycles. The number of carboxylic acid groups (broad SMARTS) is 1. The number of hydrogen-bond acceptors (Lipinski definition) is 4. The molecule has 2 N–H and O–H groups in total. The SMILES string of the molecule is Cc1nc(NC(=O)N2CCC(C(=O)O)C2)sc1Cc1ccc(Cl)cc1F. The second-order valence-electron chi connectivity index (χ2n) is 6.14. The van der Waals surface area contributed by atoms with E-state index in [0.717, 1.165) is 4.88 Å². The molecule has 2 amide bonds. The fourth-order valence-electron chi connectivity index (χ4n) is 2.80. The Bertz CT molecular complexity index is 858. The number of nitrogens with one attached hydrogen (secondary N) is 1. The van der Waals surface area contributed by atoms with Crippen molar-refractivity contribution in [1.29, 1.82) is 0 Å². The van der Waals surface area contributed by atoms with E-state index in [-0.39, 0.29) is 18.4 Å². The lowest BCUT2D eigenvalue weighted by Crippen LogP contribution is -2.33. The second-order valence-corrected chi connectivity index (χ2v) is 7.66. The summed E-state index contributed by atoms with van der Waals surface area (Å²) in [5.74, 6) is -1.80. The number of thiazole rings is 1. The summed E-state index contributed by atoms with van der Waals surface area (Å²) < 4.78 is 14.0. The number of rotatable bonds is 4. The minimum atomic E-state index is -0.891. The molecule has 0 saturated carbocycles. The number of likely N-dealkylation sites (tertiary alicyclic amines) is 1. The first-order valence-electron chi connectivity index (χ1n) is 8.02. The summed E-state index contributed by atoms with van der Waals surface area (Å²) >= 11 is 7.04. The van der Waals surface area contributed by atoms with E-state index in [1.807, 2.05) is 0 Å². The van der Waals surface area contributed by atoms with Crippen LogP contribution in [0.5, 0.6) is 0 Å². The fraction of sp³-hybridized carbons (Fsp3) is 0.353. The van der Waals surface area contributed by atoms with Crippen LogP contribution >= 0.6 is 22.9 Å². The molecular weight excluding hydrogens is 381 g/mol. The van der Waals surface area contributed by atoms with Gasteiger partial charge in [0, 0.05) is 29.4 Å². The number of urea groups is 1. The molecule has 0 aliphatic carbocycles. The maximum Gasteiger partial charge on any atom is 0.323 e. The molecule has 0 radical (unpaired) electrons. The summed E-state index contributed by atoms with van der Waals surface area (Å²) in [5.41, 5.74) is 1.22. The highest BCUT2D eigenvalue weighted by Gasteiger charge is 2.31. The third-order valence-corrected chi connectivity index (χ3v) is 5.61. The number of carboxylic acids is 1. The molecule has 1 atom stereocenters. The summed E-state index contributed by atoms with van der Waals surface area (Å²) in [7, 11) is 0. The Morgan fingerprint density at radius 3 is 2.92 bits per heavy atom. The highest BCUT2D eigenvalue weighted by molar-refractivity contribution is 7.15. The van der Waals surface area contributed by atoms with Gasteiger partial charge in [-0.2, -0.15) is 0 Å². The van der Waals surface area contributed by atoms with Crippen LogP contribution in [0.3, 0.4) is 0 Å². The van der Waals surface area contributed by atoms with Gasteiger partial charge in [-0.1, -0.05) is 17.7 Å². The zero-order valence-electron chi connectivity index (χ0n) is 14.0. The van der Waals surface area contributed by atoms with Crippen LogP contribution in [0.25, 0.3) is 0 Å². The number of carbonyl (C=O) groups excluding carboxylic acids is 1. The molecule has 6 nitrogen and oxygen atoms in total. The third-order valence-electron chi connectivity index (χ3n) is 4.30. The highest BCUT2D eigenvalue weighted by atomic mass is 35.5. The van der Waals surface area contributed by atoms with Crippen molar-refractivity contribution >= 4 is 40.1 Å². The maximum atomic E-state index is 14.0. The predicted octanol–water partition coefficient (Wildman–Crippen LogP) is 3.77. The Balaban J connectivity index is 1.66. The van der Waals surface area contributed by atoms with Crippen LogP contribution in [0.1, 0.15) is 22.6 Å². The summed E-state index contributed by atoms with van der Waals surface area (Å²) in [4.78, 5) is 29.9. The number of aromatic nitrogens is 1. The van der Waals surface area contributed by atoms with Crippen LogP contribution in [0.2, 0.25) is 5.02 Å². The van der Waals surface area contributed by atoms with E-state index in [1.165, 1.54) is 22.3 Å². The van der Waals surface area contributed by atoms with Crippen molar-refractivity contribution in [3.05, 3.63) is 45.2 Å². The van der Waals surface area contributed by atoms with Crippen molar-refractivity contribution in [2.75, 3.05) is 18.4 Å². The van der Waals surface area contributed by atoms with E-state index >= 15 is 0 Å². The molecule has 0 spiro atoms. The minimum Gasteiger partial charge on any atom is -0.481 e. The van der Waals surface area contributed by atoms with E-state index in [0.29, 0.717) is 40.8 Å². The van der Waals surface area contributed by atoms with E-state index in [1.54, 1.807) is 19.1 Å². The van der Waals surface area contributed by atoms with Gasteiger partial charge in [0.15, 0.2) is 5.13 Å². The van der Waals surface area contributed by atoms with Crippen molar-refractivity contribution in [2.45, 2.75) is 19.8 Å². The molecular formula is C17H17ClFN3O3S. The lowest BCUT2D eigenvalue weighted by atomic mass is 10.1. The quantitative estimate of drug-likeness (QED) is 0.822. The number of hydrogen-bond donors (Lipinski definition) is 2. The topological polar surface area (TPSA) is 82.5 Å². The molecule has 3 rings (SSSR count). The van der Waals surface area contributed by atoms with E-state index in [2.05, 4.69) is 10.3 Å². The average Bonchev–Trinajstić information content (AvgIpc) is 3.18. The Morgan fingerprint density at radius 1 is 1.50 bits per heavy atom. The normalized spacial score (nSPS) is 16.7. The molecule has 9 heteroatoms. The van der Waals surface area contributed by atoms with Gasteiger partial charge in [0.2, 0.25) is 0 Å². The van der Waals surface area contributed by atoms with Crippen LogP contribution in [0.15, 0.2) is 18.2 Å². The van der Waals surface area contributed by atoms with Gasteiger partial charge in [0.1, 0.15) is 5.82 Å². The van der Waals surface area contributed by atoms with Gasteiger partial charge in [-0.05, 0) is 31.0 Å². The van der Waals surface area contributed by atoms with Crippen molar-refractivity contribution in [1.82, 2.24) is 9.88 Å². The Hall–Kier alpha value is -2.19. The molecule has 1 aliphatic heterocycles. The van der Waals surface area contributed by atoms with E-state index in [9.17, 15) is 14.0 Å². The van der Waals surface area contributed by atoms with Crippen molar-refractivity contribution < 1.29 is 19.1 Å². The molecule has 2 heterocycles. The Morgan fingerprint density at radius 2 is 2.27 bits per heavy atom. The van der Waals surface area contributed by atoms with Crippen molar-refractivity contribution in [3.63, 3.8) is 0 Å². The Labute approximate surface area is 158 Å². The lowest BCUT2D eigenvalue weighted by molar-refractivity contribution is -0.141. The Kier molecular flexibility index (Phi) is 5.43. The number of aryl methyl sites for hydroxylation is 1. The van der Waals surface area contributed by atoms with Crippen molar-refractivity contribution in [2.24, 2.45) is 5.92 Å². The largest absolute Gasteiger partial charge is 0.481 e. The number of amides is 2. The highest BCUT2D eigenvalue weighted by Crippen LogP contribution is 2.27. The van der Waals surface area contributed by atoms with Crippen molar-refractivity contribution in [3.8, 4) is 0 Å². The van der Waals surface area contributed by atoms with Gasteiger partial charge < -0.3 is 10.0 Å². The van der Waals surface area contributed by atoms with Gasteiger partial charge in [0.05, 0.1) is 11.6 Å². The number of nitrogens with zero attached hydrogens (tertiary/aromatic N) is 2. The number of anilines is 1. The fourth-order valence-corrected chi connectivity index (χ4v) is 3.93. The molecule has 2 aromatic rings. The van der Waals surface area contributed by atoms with Gasteiger partial charge in [0.25, 0.3) is 0 Å². The first kappa shape index (κ1) is 18.6. The standard InChI is InChI=1S/C17H17ClFN3O3S/c1-9-14(6-10-2-3-12(18)7-13(10)19)26-16(20-9)21-17(25)22-5-4-11(8-22)15(23)24/h2-3,7,11H,4-6,8H2,1H3,(H,23,24)(H,20,21,25). The van der Waals surface area contributed by atoms with E-state index < -0.39 is 11.9 Å². The molecule has 138 valence electrons. The van der Waals surface area contributed by atoms with Crippen LogP contribution < -0.4 is 5.32 Å². The molecule has 1 saturated heterocycles. The second kappa shape index (κ2) is 7.59. The van der Waals surface area contributed by atoms with Gasteiger partial charge >= 0.3 is 12.0 Å². The average molecular weight is 398 g/mol. The molecule has 1 aliphatic rings. The number of halogens is 2. The molecule has 0 bridgehead atoms. The monoisotopic (exact) mass is 397 g/mol. The van der Waals surface area contributed by atoms with Crippen LogP contribution in [-0.2, 0) is 11.2 Å². The van der Waals surface area contributed by atoms with Crippen LogP contribution in [0.4, 0.5) is 14.3 Å². The lowest BCUT2D eigenvalue weighted by Gasteiger charge is -2.15.